The molecule has 114 valence electrons. The molecular weight excluding hydrogens is 258 g/mol. The predicted octanol–water partition coefficient (Wildman–Crippen LogP) is -0.355. The van der Waals surface area contributed by atoms with Crippen molar-refractivity contribution in [2.24, 2.45) is 5.41 Å². The molecule has 6 nitrogen and oxygen atoms in total. The van der Waals surface area contributed by atoms with Crippen LogP contribution in [0.25, 0.3) is 0 Å². The van der Waals surface area contributed by atoms with Gasteiger partial charge in [0.15, 0.2) is 0 Å². The minimum Gasteiger partial charge on any atom is -0.378 e. The normalized spacial score (nSPS) is 21.9. The SMILES string of the molecule is CN1CCN(C(=O)C(C)(C)C(=O)N2CCOCC2)CC1. The number of ether oxygens (including phenoxy) is 1. The molecule has 0 bridgehead atoms. The smallest absolute Gasteiger partial charge is 0.237 e. The van der Waals surface area contributed by atoms with Crippen LogP contribution in [0.3, 0.4) is 0 Å². The summed E-state index contributed by atoms with van der Waals surface area (Å²) in [5.41, 5.74) is -0.979. The molecular formula is C14H25N3O3. The van der Waals surface area contributed by atoms with Gasteiger partial charge in [0.1, 0.15) is 5.41 Å². The number of nitrogens with zero attached hydrogens (tertiary/aromatic N) is 3. The van der Waals surface area contributed by atoms with E-state index in [2.05, 4.69) is 4.90 Å². The van der Waals surface area contributed by atoms with E-state index in [4.69, 9.17) is 4.74 Å². The molecule has 20 heavy (non-hydrogen) atoms. The molecule has 2 aliphatic heterocycles. The second-order valence-corrected chi connectivity index (χ2v) is 6.13. The van der Waals surface area contributed by atoms with E-state index in [1.165, 1.54) is 0 Å². The molecule has 2 amide bonds. The van der Waals surface area contributed by atoms with Gasteiger partial charge in [-0.25, -0.2) is 0 Å². The summed E-state index contributed by atoms with van der Waals surface area (Å²) >= 11 is 0. The lowest BCUT2D eigenvalue weighted by molar-refractivity contribution is -0.157. The fourth-order valence-electron chi connectivity index (χ4n) is 2.66. The van der Waals surface area contributed by atoms with Crippen molar-refractivity contribution in [3.63, 3.8) is 0 Å². The van der Waals surface area contributed by atoms with E-state index < -0.39 is 5.41 Å². The van der Waals surface area contributed by atoms with E-state index in [-0.39, 0.29) is 11.8 Å². The first-order valence-corrected chi connectivity index (χ1v) is 7.28. The summed E-state index contributed by atoms with van der Waals surface area (Å²) in [6.07, 6.45) is 0. The second kappa shape index (κ2) is 6.10. The maximum Gasteiger partial charge on any atom is 0.237 e. The number of carbonyl (C=O) groups is 2. The Balaban J connectivity index is 2.00. The molecule has 2 heterocycles. The van der Waals surface area contributed by atoms with Crippen LogP contribution in [0.4, 0.5) is 0 Å². The van der Waals surface area contributed by atoms with Gasteiger partial charge in [-0.3, -0.25) is 9.59 Å². The van der Waals surface area contributed by atoms with Crippen molar-refractivity contribution in [2.45, 2.75) is 13.8 Å². The van der Waals surface area contributed by atoms with Gasteiger partial charge in [-0.05, 0) is 20.9 Å². The van der Waals surface area contributed by atoms with E-state index >= 15 is 0 Å². The van der Waals surface area contributed by atoms with Crippen molar-refractivity contribution in [1.82, 2.24) is 14.7 Å². The van der Waals surface area contributed by atoms with Crippen LogP contribution in [0.1, 0.15) is 13.8 Å². The first kappa shape index (κ1) is 15.3. The Bertz CT molecular complexity index is 370. The number of morpholine rings is 1. The standard InChI is InChI=1S/C14H25N3O3/c1-14(2,13(19)17-8-10-20-11-9-17)12(18)16-6-4-15(3)5-7-16/h4-11H2,1-3H3. The number of hydrogen-bond donors (Lipinski definition) is 0. The lowest BCUT2D eigenvalue weighted by Gasteiger charge is -2.39. The lowest BCUT2D eigenvalue weighted by atomic mass is 9.89. The van der Waals surface area contributed by atoms with Crippen LogP contribution in [-0.4, -0.2) is 86.0 Å². The molecule has 0 unspecified atom stereocenters. The molecule has 0 radical (unpaired) electrons. The van der Waals surface area contributed by atoms with E-state index in [0.29, 0.717) is 39.4 Å². The average Bonchev–Trinajstić information content (AvgIpc) is 2.47. The molecule has 6 heteroatoms. The molecule has 2 fully saturated rings. The number of carbonyl (C=O) groups excluding carboxylic acids is 2. The fraction of sp³-hybridized carbons (Fsp3) is 0.857. The number of piperazine rings is 1. The molecule has 0 aromatic carbocycles. The van der Waals surface area contributed by atoms with Crippen molar-refractivity contribution in [3.8, 4) is 0 Å². The Kier molecular flexibility index (Phi) is 4.65. The highest BCUT2D eigenvalue weighted by atomic mass is 16.5. The van der Waals surface area contributed by atoms with Gasteiger partial charge in [-0.1, -0.05) is 0 Å². The second-order valence-electron chi connectivity index (χ2n) is 6.13. The highest BCUT2D eigenvalue weighted by Crippen LogP contribution is 2.23. The summed E-state index contributed by atoms with van der Waals surface area (Å²) in [6.45, 7) is 8.91. The monoisotopic (exact) mass is 283 g/mol. The zero-order chi connectivity index (χ0) is 14.8. The quantitative estimate of drug-likeness (QED) is 0.650. The van der Waals surface area contributed by atoms with Gasteiger partial charge in [0, 0.05) is 39.3 Å². The van der Waals surface area contributed by atoms with Crippen LogP contribution in [0, 0.1) is 5.41 Å². The summed E-state index contributed by atoms with van der Waals surface area (Å²) in [6, 6.07) is 0. The highest BCUT2D eigenvalue weighted by molar-refractivity contribution is 6.04. The Morgan fingerprint density at radius 1 is 0.850 bits per heavy atom. The Morgan fingerprint density at radius 3 is 1.80 bits per heavy atom. The topological polar surface area (TPSA) is 53.1 Å². The zero-order valence-corrected chi connectivity index (χ0v) is 12.7. The minimum absolute atomic E-state index is 0.0536. The first-order valence-electron chi connectivity index (χ1n) is 7.28. The summed E-state index contributed by atoms with van der Waals surface area (Å²) in [4.78, 5) is 31.0. The third-order valence-corrected chi connectivity index (χ3v) is 4.16. The third-order valence-electron chi connectivity index (χ3n) is 4.16. The van der Waals surface area contributed by atoms with E-state index in [1.807, 2.05) is 11.9 Å². The maximum absolute atomic E-state index is 12.6. The molecule has 0 atom stereocenters. The summed E-state index contributed by atoms with van der Waals surface area (Å²) in [7, 11) is 2.05. The van der Waals surface area contributed by atoms with Crippen LogP contribution in [0.5, 0.6) is 0 Å². The van der Waals surface area contributed by atoms with Gasteiger partial charge in [0.2, 0.25) is 11.8 Å². The van der Waals surface area contributed by atoms with Crippen LogP contribution in [0.15, 0.2) is 0 Å². The van der Waals surface area contributed by atoms with Gasteiger partial charge >= 0.3 is 0 Å². The van der Waals surface area contributed by atoms with Crippen LogP contribution < -0.4 is 0 Å². The molecule has 0 N–H and O–H groups in total. The van der Waals surface area contributed by atoms with Crippen molar-refractivity contribution < 1.29 is 14.3 Å². The molecule has 2 aliphatic rings. The summed E-state index contributed by atoms with van der Waals surface area (Å²) in [5.74, 6) is -0.133. The summed E-state index contributed by atoms with van der Waals surface area (Å²) < 4.78 is 5.26. The van der Waals surface area contributed by atoms with E-state index in [0.717, 1.165) is 13.1 Å². The number of likely N-dealkylation sites (N-methyl/N-ethyl adjacent to an activating group) is 1. The van der Waals surface area contributed by atoms with Crippen molar-refractivity contribution in [1.29, 1.82) is 0 Å². The van der Waals surface area contributed by atoms with Gasteiger partial charge in [-0.2, -0.15) is 0 Å². The number of amides is 2. The van der Waals surface area contributed by atoms with Gasteiger partial charge in [0.25, 0.3) is 0 Å². The highest BCUT2D eigenvalue weighted by Gasteiger charge is 2.42. The molecule has 0 aromatic rings. The number of hydrogen-bond acceptors (Lipinski definition) is 4. The van der Waals surface area contributed by atoms with Gasteiger partial charge in [0.05, 0.1) is 13.2 Å². The number of rotatable bonds is 2. The molecule has 2 rings (SSSR count). The zero-order valence-electron chi connectivity index (χ0n) is 12.7. The van der Waals surface area contributed by atoms with Crippen molar-refractivity contribution in [3.05, 3.63) is 0 Å². The first-order chi connectivity index (χ1) is 9.43. The molecule has 0 saturated carbocycles. The Hall–Kier alpha value is -1.14. The summed E-state index contributed by atoms with van der Waals surface area (Å²) in [5, 5.41) is 0. The van der Waals surface area contributed by atoms with Crippen molar-refractivity contribution >= 4 is 11.8 Å². The van der Waals surface area contributed by atoms with Crippen molar-refractivity contribution in [2.75, 3.05) is 59.5 Å². The Morgan fingerprint density at radius 2 is 1.30 bits per heavy atom. The van der Waals surface area contributed by atoms with Gasteiger partial charge in [-0.15, -0.1) is 0 Å². The van der Waals surface area contributed by atoms with E-state index in [1.54, 1.807) is 18.7 Å². The Labute approximate surface area is 120 Å². The fourth-order valence-corrected chi connectivity index (χ4v) is 2.66. The van der Waals surface area contributed by atoms with Crippen LogP contribution in [-0.2, 0) is 14.3 Å². The average molecular weight is 283 g/mol. The van der Waals surface area contributed by atoms with E-state index in [9.17, 15) is 9.59 Å². The molecule has 0 spiro atoms. The largest absolute Gasteiger partial charge is 0.378 e. The third kappa shape index (κ3) is 3.12. The molecule has 0 aliphatic carbocycles. The molecule has 0 aromatic heterocycles. The molecule has 2 saturated heterocycles. The predicted molar refractivity (Wildman–Crippen MR) is 75.3 cm³/mol. The van der Waals surface area contributed by atoms with Crippen LogP contribution in [0.2, 0.25) is 0 Å². The lowest BCUT2D eigenvalue weighted by Crippen LogP contribution is -2.56. The minimum atomic E-state index is -0.979. The maximum atomic E-state index is 12.6. The van der Waals surface area contributed by atoms with Crippen LogP contribution >= 0.6 is 0 Å². The van der Waals surface area contributed by atoms with Gasteiger partial charge < -0.3 is 19.4 Å².